The monoisotopic (exact) mass is 313 g/mol. The molecule has 1 atom stereocenters. The Hall–Kier alpha value is -2.90. The van der Waals surface area contributed by atoms with E-state index in [4.69, 9.17) is 9.26 Å². The quantitative estimate of drug-likeness (QED) is 0.735. The predicted molar refractivity (Wildman–Crippen MR) is 81.1 cm³/mol. The molecule has 8 heteroatoms. The van der Waals surface area contributed by atoms with Gasteiger partial charge in [0, 0.05) is 17.6 Å². The molecule has 8 nitrogen and oxygen atoms in total. The number of aryl methyl sites for hydroxylation is 2. The minimum atomic E-state index is -0.373. The zero-order valence-electron chi connectivity index (χ0n) is 12.8. The summed E-state index contributed by atoms with van der Waals surface area (Å²) in [6.45, 7) is 4.68. The highest BCUT2D eigenvalue weighted by molar-refractivity contribution is 5.93. The summed E-state index contributed by atoms with van der Waals surface area (Å²) >= 11 is 0. The number of cyclic esters (lactones) is 1. The van der Waals surface area contributed by atoms with E-state index >= 15 is 0 Å². The van der Waals surface area contributed by atoms with Gasteiger partial charge in [0.15, 0.2) is 5.58 Å². The molecular formula is C15H15N5O3. The number of carbonyl (C=O) groups is 1. The largest absolute Gasteiger partial charge is 0.442 e. The first-order chi connectivity index (χ1) is 11.1. The van der Waals surface area contributed by atoms with Crippen molar-refractivity contribution in [3.8, 4) is 0 Å². The molecule has 0 aliphatic carbocycles. The third-order valence-electron chi connectivity index (χ3n) is 3.87. The van der Waals surface area contributed by atoms with Crippen LogP contribution in [0.5, 0.6) is 0 Å². The number of ether oxygens (including phenoxy) is 1. The van der Waals surface area contributed by atoms with Gasteiger partial charge >= 0.3 is 6.09 Å². The van der Waals surface area contributed by atoms with Gasteiger partial charge in [-0.3, -0.25) is 4.90 Å². The summed E-state index contributed by atoms with van der Waals surface area (Å²) < 4.78 is 12.3. The van der Waals surface area contributed by atoms with Gasteiger partial charge in [-0.2, -0.15) is 0 Å². The van der Waals surface area contributed by atoms with Crippen molar-refractivity contribution in [1.82, 2.24) is 20.2 Å². The molecule has 118 valence electrons. The summed E-state index contributed by atoms with van der Waals surface area (Å²) in [5.74, 6) is 0. The van der Waals surface area contributed by atoms with Crippen molar-refractivity contribution in [2.75, 3.05) is 11.4 Å². The Morgan fingerprint density at radius 3 is 3.00 bits per heavy atom. The summed E-state index contributed by atoms with van der Waals surface area (Å²) in [6.07, 6.45) is 1.18. The number of hydrogen-bond acceptors (Lipinski definition) is 6. The number of hydrogen-bond donors (Lipinski definition) is 0. The summed E-state index contributed by atoms with van der Waals surface area (Å²) in [4.78, 5) is 13.7. The lowest BCUT2D eigenvalue weighted by atomic mass is 10.2. The molecular weight excluding hydrogens is 298 g/mol. The number of anilines is 1. The molecule has 1 aliphatic heterocycles. The van der Waals surface area contributed by atoms with Crippen LogP contribution in [0.4, 0.5) is 10.5 Å². The molecule has 1 aromatic carbocycles. The number of aromatic nitrogens is 4. The highest BCUT2D eigenvalue weighted by atomic mass is 16.6. The van der Waals surface area contributed by atoms with E-state index in [1.807, 2.05) is 32.2 Å². The van der Waals surface area contributed by atoms with Crippen molar-refractivity contribution in [1.29, 1.82) is 0 Å². The number of fused-ring (bicyclic) bond motifs is 1. The van der Waals surface area contributed by atoms with Crippen molar-refractivity contribution >= 4 is 22.7 Å². The van der Waals surface area contributed by atoms with Crippen LogP contribution in [0.15, 0.2) is 28.9 Å². The highest BCUT2D eigenvalue weighted by Gasteiger charge is 2.33. The van der Waals surface area contributed by atoms with Gasteiger partial charge in [-0.25, -0.2) is 9.48 Å². The lowest BCUT2D eigenvalue weighted by Gasteiger charge is -2.12. The molecule has 1 saturated heterocycles. The topological polar surface area (TPSA) is 86.3 Å². The molecule has 1 aliphatic rings. The van der Waals surface area contributed by atoms with Gasteiger partial charge in [0.2, 0.25) is 0 Å². The Morgan fingerprint density at radius 1 is 1.35 bits per heavy atom. The molecule has 1 fully saturated rings. The van der Waals surface area contributed by atoms with Crippen LogP contribution in [-0.2, 0) is 11.3 Å². The number of rotatable bonds is 3. The molecule has 4 rings (SSSR count). The van der Waals surface area contributed by atoms with E-state index in [9.17, 15) is 4.79 Å². The lowest BCUT2D eigenvalue weighted by Crippen LogP contribution is -2.26. The van der Waals surface area contributed by atoms with Crippen molar-refractivity contribution in [2.24, 2.45) is 0 Å². The van der Waals surface area contributed by atoms with Crippen LogP contribution in [0.2, 0.25) is 0 Å². The summed E-state index contributed by atoms with van der Waals surface area (Å²) in [5.41, 5.74) is 3.05. The maximum Gasteiger partial charge on any atom is 0.414 e. The standard InChI is InChI=1S/C15H15N5O3/c1-9-6-19(18-16-9)7-12-8-20(15(21)22-12)11-3-4-13-10(2)17-23-14(13)5-11/h3-6,12H,7-8H2,1-2H3/t12-/m0/s1. The minimum Gasteiger partial charge on any atom is -0.442 e. The van der Waals surface area contributed by atoms with E-state index in [2.05, 4.69) is 15.5 Å². The molecule has 0 radical (unpaired) electrons. The molecule has 3 aromatic rings. The Kier molecular flexibility index (Phi) is 3.03. The predicted octanol–water partition coefficient (Wildman–Crippen LogP) is 2.06. The van der Waals surface area contributed by atoms with Crippen LogP contribution < -0.4 is 4.90 Å². The Labute approximate surface area is 131 Å². The molecule has 0 spiro atoms. The van der Waals surface area contributed by atoms with Crippen LogP contribution in [0.3, 0.4) is 0 Å². The fourth-order valence-electron chi connectivity index (χ4n) is 2.74. The maximum absolute atomic E-state index is 12.1. The summed E-state index contributed by atoms with van der Waals surface area (Å²) in [7, 11) is 0. The van der Waals surface area contributed by atoms with Crippen LogP contribution in [-0.4, -0.2) is 38.9 Å². The molecule has 2 aromatic heterocycles. The van der Waals surface area contributed by atoms with Crippen LogP contribution in [0.25, 0.3) is 11.0 Å². The Balaban J connectivity index is 1.55. The second-order valence-electron chi connectivity index (χ2n) is 5.65. The molecule has 0 bridgehead atoms. The van der Waals surface area contributed by atoms with Gasteiger partial charge in [-0.1, -0.05) is 10.4 Å². The first-order valence-electron chi connectivity index (χ1n) is 7.31. The molecule has 3 heterocycles. The van der Waals surface area contributed by atoms with Gasteiger partial charge in [-0.05, 0) is 26.0 Å². The fraction of sp³-hybridized carbons (Fsp3) is 0.333. The van der Waals surface area contributed by atoms with E-state index in [0.29, 0.717) is 18.7 Å². The van der Waals surface area contributed by atoms with Gasteiger partial charge in [0.05, 0.1) is 30.2 Å². The van der Waals surface area contributed by atoms with E-state index < -0.39 is 0 Å². The normalized spacial score (nSPS) is 17.9. The van der Waals surface area contributed by atoms with E-state index in [1.54, 1.807) is 15.6 Å². The third-order valence-corrected chi connectivity index (χ3v) is 3.87. The lowest BCUT2D eigenvalue weighted by molar-refractivity contribution is 0.129. The highest BCUT2D eigenvalue weighted by Crippen LogP contribution is 2.27. The van der Waals surface area contributed by atoms with Gasteiger partial charge in [-0.15, -0.1) is 5.10 Å². The maximum atomic E-state index is 12.1. The van der Waals surface area contributed by atoms with Gasteiger partial charge < -0.3 is 9.26 Å². The van der Waals surface area contributed by atoms with Gasteiger partial charge in [0.1, 0.15) is 6.10 Å². The van der Waals surface area contributed by atoms with Crippen molar-refractivity contribution in [3.63, 3.8) is 0 Å². The molecule has 0 unspecified atom stereocenters. The van der Waals surface area contributed by atoms with Crippen LogP contribution in [0.1, 0.15) is 11.4 Å². The minimum absolute atomic E-state index is 0.268. The zero-order chi connectivity index (χ0) is 16.0. The van der Waals surface area contributed by atoms with E-state index in [-0.39, 0.29) is 12.2 Å². The Bertz CT molecular complexity index is 884. The first kappa shape index (κ1) is 13.7. The number of benzene rings is 1. The molecule has 0 N–H and O–H groups in total. The second-order valence-corrected chi connectivity index (χ2v) is 5.65. The smallest absolute Gasteiger partial charge is 0.414 e. The zero-order valence-corrected chi connectivity index (χ0v) is 12.8. The first-order valence-corrected chi connectivity index (χ1v) is 7.31. The number of nitrogens with zero attached hydrogens (tertiary/aromatic N) is 5. The third kappa shape index (κ3) is 2.41. The molecule has 1 amide bonds. The second kappa shape index (κ2) is 5.08. The van der Waals surface area contributed by atoms with Crippen molar-refractivity contribution in [3.05, 3.63) is 35.8 Å². The van der Waals surface area contributed by atoms with E-state index in [0.717, 1.165) is 22.5 Å². The number of carbonyl (C=O) groups excluding carboxylic acids is 1. The van der Waals surface area contributed by atoms with Crippen LogP contribution in [0, 0.1) is 13.8 Å². The molecule has 0 saturated carbocycles. The van der Waals surface area contributed by atoms with Crippen molar-refractivity contribution < 1.29 is 14.1 Å². The summed E-state index contributed by atoms with van der Waals surface area (Å²) in [5, 5.41) is 12.8. The van der Waals surface area contributed by atoms with Crippen molar-refractivity contribution in [2.45, 2.75) is 26.5 Å². The summed E-state index contributed by atoms with van der Waals surface area (Å²) in [6, 6.07) is 5.58. The average Bonchev–Trinajstić information content (AvgIpc) is 3.20. The van der Waals surface area contributed by atoms with E-state index in [1.165, 1.54) is 0 Å². The fourth-order valence-corrected chi connectivity index (χ4v) is 2.74. The van der Waals surface area contributed by atoms with Gasteiger partial charge in [0.25, 0.3) is 0 Å². The average molecular weight is 313 g/mol. The SMILES string of the molecule is Cc1cn(C[C@H]2CN(c3ccc4c(C)noc4c3)C(=O)O2)nn1. The van der Waals surface area contributed by atoms with Crippen LogP contribution >= 0.6 is 0 Å². The molecule has 23 heavy (non-hydrogen) atoms. The number of amides is 1. The Morgan fingerprint density at radius 2 is 2.22 bits per heavy atom.